The molecule has 22 heavy (non-hydrogen) atoms. The van der Waals surface area contributed by atoms with E-state index in [1.165, 1.54) is 45.2 Å². The summed E-state index contributed by atoms with van der Waals surface area (Å²) in [5.74, 6) is 0.215. The smallest absolute Gasteiger partial charge is 0.227 e. The number of rotatable bonds is 4. The van der Waals surface area contributed by atoms with Crippen LogP contribution in [-0.2, 0) is 11.2 Å². The van der Waals surface area contributed by atoms with Crippen molar-refractivity contribution in [3.05, 3.63) is 24.2 Å². The van der Waals surface area contributed by atoms with Gasteiger partial charge in [-0.15, -0.1) is 12.4 Å². The molecule has 1 aliphatic carbocycles. The predicted octanol–water partition coefficient (Wildman–Crippen LogP) is 3.11. The van der Waals surface area contributed by atoms with Crippen molar-refractivity contribution in [2.24, 2.45) is 0 Å². The highest BCUT2D eigenvalue weighted by Crippen LogP contribution is 2.29. The zero-order valence-electron chi connectivity index (χ0n) is 13.4. The number of hydrogen-bond acceptors (Lipinski definition) is 3. The Labute approximate surface area is 139 Å². The van der Waals surface area contributed by atoms with Gasteiger partial charge in [0.25, 0.3) is 0 Å². The highest BCUT2D eigenvalue weighted by Gasteiger charge is 2.35. The van der Waals surface area contributed by atoms with Crippen LogP contribution in [0.3, 0.4) is 0 Å². The van der Waals surface area contributed by atoms with Crippen molar-refractivity contribution in [2.75, 3.05) is 20.1 Å². The summed E-state index contributed by atoms with van der Waals surface area (Å²) in [4.78, 5) is 17.2. The molecule has 2 atom stereocenters. The molecule has 0 spiro atoms. The zero-order valence-corrected chi connectivity index (χ0v) is 14.2. The lowest BCUT2D eigenvalue weighted by molar-refractivity contribution is -0.133. The number of carbonyl (C=O) groups is 1. The van der Waals surface area contributed by atoms with Crippen LogP contribution in [0.15, 0.2) is 23.0 Å². The summed E-state index contributed by atoms with van der Waals surface area (Å²) in [5, 5.41) is 0. The second kappa shape index (κ2) is 8.02. The topological polar surface area (TPSA) is 36.7 Å². The molecule has 2 unspecified atom stereocenters. The molecule has 1 saturated carbocycles. The Balaban J connectivity index is 0.00000176. The molecule has 5 heteroatoms. The molecule has 2 fully saturated rings. The van der Waals surface area contributed by atoms with Gasteiger partial charge in [0.15, 0.2) is 0 Å². The first-order valence-electron chi connectivity index (χ1n) is 8.26. The average molecular weight is 327 g/mol. The Bertz CT molecular complexity index is 457. The highest BCUT2D eigenvalue weighted by atomic mass is 35.5. The van der Waals surface area contributed by atoms with Crippen molar-refractivity contribution in [3.63, 3.8) is 0 Å². The van der Waals surface area contributed by atoms with Crippen molar-refractivity contribution < 1.29 is 9.21 Å². The lowest BCUT2D eigenvalue weighted by atomic mass is 9.88. The minimum absolute atomic E-state index is 0. The monoisotopic (exact) mass is 326 g/mol. The van der Waals surface area contributed by atoms with Gasteiger partial charge in [0.05, 0.1) is 18.9 Å². The summed E-state index contributed by atoms with van der Waals surface area (Å²) < 4.78 is 5.06. The van der Waals surface area contributed by atoms with Crippen LogP contribution in [0.5, 0.6) is 0 Å². The summed E-state index contributed by atoms with van der Waals surface area (Å²) >= 11 is 0. The number of furan rings is 1. The molecule has 1 aliphatic heterocycles. The molecule has 2 aliphatic rings. The van der Waals surface area contributed by atoms with Gasteiger partial charge >= 0.3 is 0 Å². The lowest BCUT2D eigenvalue weighted by Gasteiger charge is -2.42. The third kappa shape index (κ3) is 3.85. The number of amides is 1. The van der Waals surface area contributed by atoms with Gasteiger partial charge in [0.1, 0.15) is 0 Å². The Hall–Kier alpha value is -1.00. The standard InChI is InChI=1S/C17H26N2O2.ClH/c1-18(17(20)12-14-8-11-21-13-14)15-6-2-3-7-16(15)19-9-4-5-10-19;/h8,11,13,15-16H,2-7,9-10,12H2,1H3;1H. The molecule has 124 valence electrons. The molecule has 4 nitrogen and oxygen atoms in total. The van der Waals surface area contributed by atoms with Crippen LogP contribution >= 0.6 is 12.4 Å². The molecule has 0 aromatic carbocycles. The summed E-state index contributed by atoms with van der Waals surface area (Å²) in [7, 11) is 1.99. The summed E-state index contributed by atoms with van der Waals surface area (Å²) in [6.45, 7) is 2.43. The fourth-order valence-corrected chi connectivity index (χ4v) is 3.92. The van der Waals surface area contributed by atoms with Gasteiger partial charge in [-0.2, -0.15) is 0 Å². The van der Waals surface area contributed by atoms with E-state index in [0.717, 1.165) is 12.0 Å². The molecule has 0 bridgehead atoms. The minimum Gasteiger partial charge on any atom is -0.472 e. The minimum atomic E-state index is 0. The number of hydrogen-bond donors (Lipinski definition) is 0. The summed E-state index contributed by atoms with van der Waals surface area (Å²) in [6, 6.07) is 2.83. The van der Waals surface area contributed by atoms with E-state index < -0.39 is 0 Å². The van der Waals surface area contributed by atoms with Crippen molar-refractivity contribution in [1.82, 2.24) is 9.80 Å². The maximum atomic E-state index is 12.5. The number of nitrogens with zero attached hydrogens (tertiary/aromatic N) is 2. The molecule has 0 radical (unpaired) electrons. The Kier molecular flexibility index (Phi) is 6.33. The van der Waals surface area contributed by atoms with Crippen LogP contribution in [0.4, 0.5) is 0 Å². The van der Waals surface area contributed by atoms with Gasteiger partial charge in [-0.1, -0.05) is 12.8 Å². The van der Waals surface area contributed by atoms with E-state index in [0.29, 0.717) is 18.5 Å². The van der Waals surface area contributed by atoms with Gasteiger partial charge in [0, 0.05) is 19.1 Å². The number of likely N-dealkylation sites (tertiary alicyclic amines) is 1. The predicted molar refractivity (Wildman–Crippen MR) is 89.3 cm³/mol. The van der Waals surface area contributed by atoms with E-state index in [-0.39, 0.29) is 18.3 Å². The first kappa shape index (κ1) is 17.4. The fraction of sp³-hybridized carbons (Fsp3) is 0.706. The lowest BCUT2D eigenvalue weighted by Crippen LogP contribution is -2.53. The molecular formula is C17H27ClN2O2. The van der Waals surface area contributed by atoms with E-state index in [1.807, 2.05) is 18.0 Å². The van der Waals surface area contributed by atoms with E-state index >= 15 is 0 Å². The van der Waals surface area contributed by atoms with Crippen molar-refractivity contribution >= 4 is 18.3 Å². The average Bonchev–Trinajstić information content (AvgIpc) is 3.19. The van der Waals surface area contributed by atoms with Gasteiger partial charge in [-0.25, -0.2) is 0 Å². The van der Waals surface area contributed by atoms with E-state index in [4.69, 9.17) is 4.42 Å². The second-order valence-corrected chi connectivity index (χ2v) is 6.48. The molecular weight excluding hydrogens is 300 g/mol. The third-order valence-corrected chi connectivity index (χ3v) is 5.13. The molecule has 1 aromatic heterocycles. The van der Waals surface area contributed by atoms with Crippen LogP contribution < -0.4 is 0 Å². The Morgan fingerprint density at radius 1 is 1.27 bits per heavy atom. The summed E-state index contributed by atoms with van der Waals surface area (Å²) in [6.07, 6.45) is 11.3. The quantitative estimate of drug-likeness (QED) is 0.853. The van der Waals surface area contributed by atoms with Crippen LogP contribution in [-0.4, -0.2) is 47.9 Å². The summed E-state index contributed by atoms with van der Waals surface area (Å²) in [5.41, 5.74) is 0.973. The molecule has 1 amide bonds. The number of carbonyl (C=O) groups excluding carboxylic acids is 1. The molecule has 1 aromatic rings. The number of likely N-dealkylation sites (N-methyl/N-ethyl adjacent to an activating group) is 1. The van der Waals surface area contributed by atoms with Gasteiger partial charge in [-0.05, 0) is 50.4 Å². The maximum Gasteiger partial charge on any atom is 0.227 e. The molecule has 1 saturated heterocycles. The van der Waals surface area contributed by atoms with Crippen molar-refractivity contribution in [1.29, 1.82) is 0 Å². The Morgan fingerprint density at radius 3 is 2.68 bits per heavy atom. The van der Waals surface area contributed by atoms with E-state index in [1.54, 1.807) is 12.5 Å². The zero-order chi connectivity index (χ0) is 14.7. The van der Waals surface area contributed by atoms with Gasteiger partial charge in [0.2, 0.25) is 5.91 Å². The van der Waals surface area contributed by atoms with Crippen LogP contribution in [0.25, 0.3) is 0 Å². The largest absolute Gasteiger partial charge is 0.472 e. The van der Waals surface area contributed by atoms with Crippen molar-refractivity contribution in [2.45, 2.75) is 57.0 Å². The Morgan fingerprint density at radius 2 is 2.00 bits per heavy atom. The normalized spacial score (nSPS) is 25.7. The van der Waals surface area contributed by atoms with E-state index in [9.17, 15) is 4.79 Å². The van der Waals surface area contributed by atoms with Crippen LogP contribution in [0, 0.1) is 0 Å². The van der Waals surface area contributed by atoms with E-state index in [2.05, 4.69) is 4.90 Å². The van der Waals surface area contributed by atoms with Gasteiger partial charge in [-0.3, -0.25) is 9.69 Å². The SMILES string of the molecule is CN(C(=O)Cc1ccoc1)C1CCCCC1N1CCCC1.Cl. The first-order chi connectivity index (χ1) is 10.3. The fourth-order valence-electron chi connectivity index (χ4n) is 3.92. The third-order valence-electron chi connectivity index (χ3n) is 5.13. The number of halogens is 1. The van der Waals surface area contributed by atoms with Crippen LogP contribution in [0.2, 0.25) is 0 Å². The van der Waals surface area contributed by atoms with Gasteiger partial charge < -0.3 is 9.32 Å². The first-order valence-corrected chi connectivity index (χ1v) is 8.26. The van der Waals surface area contributed by atoms with Crippen molar-refractivity contribution in [3.8, 4) is 0 Å². The highest BCUT2D eigenvalue weighted by molar-refractivity contribution is 5.85. The maximum absolute atomic E-state index is 12.5. The van der Waals surface area contributed by atoms with Crippen LogP contribution in [0.1, 0.15) is 44.1 Å². The molecule has 2 heterocycles. The molecule has 3 rings (SSSR count). The molecule has 0 N–H and O–H groups in total. The second-order valence-electron chi connectivity index (χ2n) is 6.48.